The fraction of sp³-hybridized carbons (Fsp3) is 0. The fourth-order valence-electron chi connectivity index (χ4n) is 6.74. The summed E-state index contributed by atoms with van der Waals surface area (Å²) in [7, 11) is 0. The minimum atomic E-state index is 0.708. The van der Waals surface area contributed by atoms with E-state index in [0.29, 0.717) is 5.82 Å². The second-order valence-electron chi connectivity index (χ2n) is 11.9. The van der Waals surface area contributed by atoms with Crippen LogP contribution in [0.25, 0.3) is 83.3 Å². The molecule has 0 bridgehead atoms. The lowest BCUT2D eigenvalue weighted by Gasteiger charge is -2.11. The van der Waals surface area contributed by atoms with Gasteiger partial charge >= 0.3 is 0 Å². The molecule has 0 aliphatic heterocycles. The van der Waals surface area contributed by atoms with Crippen molar-refractivity contribution < 1.29 is 0 Å². The van der Waals surface area contributed by atoms with Crippen LogP contribution in [0.1, 0.15) is 0 Å². The fourth-order valence-corrected chi connectivity index (χ4v) is 6.74. The molecule has 2 aromatic heterocycles. The minimum absolute atomic E-state index is 0.708. The third-order valence-corrected chi connectivity index (χ3v) is 9.01. The Morgan fingerprint density at radius 2 is 0.936 bits per heavy atom. The second kappa shape index (κ2) is 11.2. The van der Waals surface area contributed by atoms with Gasteiger partial charge in [0, 0.05) is 33.2 Å². The Bertz CT molecular complexity index is 2480. The number of aromatic nitrogens is 3. The largest absolute Gasteiger partial charge is 0.309 e. The highest BCUT2D eigenvalue weighted by molar-refractivity contribution is 6.21. The molecule has 0 amide bonds. The summed E-state index contributed by atoms with van der Waals surface area (Å²) >= 11 is 0. The molecule has 3 nitrogen and oxygen atoms in total. The first-order chi connectivity index (χ1) is 23.3. The van der Waals surface area contributed by atoms with E-state index in [0.717, 1.165) is 33.8 Å². The predicted octanol–water partition coefficient (Wildman–Crippen LogP) is 11.4. The lowest BCUT2D eigenvalue weighted by atomic mass is 9.98. The summed E-state index contributed by atoms with van der Waals surface area (Å²) in [6.45, 7) is 0. The highest BCUT2D eigenvalue weighted by Crippen LogP contribution is 2.38. The van der Waals surface area contributed by atoms with Crippen molar-refractivity contribution in [3.8, 4) is 50.7 Å². The van der Waals surface area contributed by atoms with E-state index in [9.17, 15) is 0 Å². The molecule has 0 atom stereocenters. The Kier molecular flexibility index (Phi) is 6.46. The molecule has 7 aromatic carbocycles. The molecular weight excluding hydrogens is 571 g/mol. The van der Waals surface area contributed by atoms with Crippen molar-refractivity contribution in [2.75, 3.05) is 0 Å². The van der Waals surface area contributed by atoms with Crippen molar-refractivity contribution in [1.29, 1.82) is 0 Å². The molecule has 0 aliphatic rings. The van der Waals surface area contributed by atoms with Gasteiger partial charge in [-0.15, -0.1) is 0 Å². The molecule has 0 radical (unpaired) electrons. The second-order valence-corrected chi connectivity index (χ2v) is 11.9. The summed E-state index contributed by atoms with van der Waals surface area (Å²) in [5.74, 6) is 0.708. The number of fused-ring (bicyclic) bond motifs is 5. The molecule has 0 unspecified atom stereocenters. The average Bonchev–Trinajstić information content (AvgIpc) is 3.50. The summed E-state index contributed by atoms with van der Waals surface area (Å²) in [4.78, 5) is 10.1. The number of hydrogen-bond acceptors (Lipinski definition) is 2. The van der Waals surface area contributed by atoms with Crippen LogP contribution in [-0.2, 0) is 0 Å². The van der Waals surface area contributed by atoms with Crippen molar-refractivity contribution in [1.82, 2.24) is 14.5 Å². The molecule has 0 N–H and O–H groups in total. The van der Waals surface area contributed by atoms with Gasteiger partial charge in [0.05, 0.1) is 22.4 Å². The van der Waals surface area contributed by atoms with Gasteiger partial charge in [-0.25, -0.2) is 9.97 Å². The molecule has 3 heteroatoms. The Morgan fingerprint density at radius 3 is 1.60 bits per heavy atom. The van der Waals surface area contributed by atoms with E-state index in [2.05, 4.69) is 144 Å². The first-order valence-electron chi connectivity index (χ1n) is 15.9. The third kappa shape index (κ3) is 4.77. The SMILES string of the molecule is c1ccc(-c2ccc3c(ccc4c3c3ccccc3n4-c3ccc(-c4nc(-c5ccccc5)cc(-c5ccccc5)n4)cc3)c2)cc1. The zero-order valence-electron chi connectivity index (χ0n) is 25.6. The number of hydrogen-bond donors (Lipinski definition) is 0. The minimum Gasteiger partial charge on any atom is -0.309 e. The first kappa shape index (κ1) is 27.0. The number of para-hydroxylation sites is 1. The molecule has 2 heterocycles. The Hall–Kier alpha value is -6.32. The van der Waals surface area contributed by atoms with Crippen molar-refractivity contribution in [2.24, 2.45) is 0 Å². The van der Waals surface area contributed by atoms with Gasteiger partial charge in [0.1, 0.15) is 0 Å². The zero-order valence-corrected chi connectivity index (χ0v) is 25.6. The van der Waals surface area contributed by atoms with Crippen LogP contribution in [0, 0.1) is 0 Å². The van der Waals surface area contributed by atoms with Crippen LogP contribution >= 0.6 is 0 Å². The van der Waals surface area contributed by atoms with E-state index in [1.54, 1.807) is 0 Å². The van der Waals surface area contributed by atoms with E-state index < -0.39 is 0 Å². The van der Waals surface area contributed by atoms with Crippen molar-refractivity contribution >= 4 is 32.6 Å². The van der Waals surface area contributed by atoms with E-state index in [4.69, 9.17) is 9.97 Å². The van der Waals surface area contributed by atoms with Crippen LogP contribution in [-0.4, -0.2) is 14.5 Å². The van der Waals surface area contributed by atoms with Crippen LogP contribution in [0.2, 0.25) is 0 Å². The number of rotatable bonds is 5. The molecule has 0 saturated heterocycles. The topological polar surface area (TPSA) is 30.7 Å². The van der Waals surface area contributed by atoms with Gasteiger partial charge in [-0.2, -0.15) is 0 Å². The Morgan fingerprint density at radius 1 is 0.362 bits per heavy atom. The quantitative estimate of drug-likeness (QED) is 0.197. The van der Waals surface area contributed by atoms with Crippen LogP contribution in [0.3, 0.4) is 0 Å². The van der Waals surface area contributed by atoms with Gasteiger partial charge in [0.15, 0.2) is 5.82 Å². The van der Waals surface area contributed by atoms with Gasteiger partial charge in [0.2, 0.25) is 0 Å². The number of benzene rings is 7. The van der Waals surface area contributed by atoms with E-state index in [1.807, 2.05) is 36.4 Å². The van der Waals surface area contributed by atoms with Gasteiger partial charge in [0.25, 0.3) is 0 Å². The summed E-state index contributed by atoms with van der Waals surface area (Å²) < 4.78 is 2.37. The van der Waals surface area contributed by atoms with Gasteiger partial charge in [-0.3, -0.25) is 0 Å². The highest BCUT2D eigenvalue weighted by Gasteiger charge is 2.16. The molecule has 0 aliphatic carbocycles. The van der Waals surface area contributed by atoms with E-state index >= 15 is 0 Å². The van der Waals surface area contributed by atoms with Crippen LogP contribution in [0.15, 0.2) is 176 Å². The Labute approximate surface area is 273 Å². The van der Waals surface area contributed by atoms with Crippen molar-refractivity contribution in [3.63, 3.8) is 0 Å². The molecule has 9 rings (SSSR count). The van der Waals surface area contributed by atoms with E-state index in [1.165, 1.54) is 43.7 Å². The lowest BCUT2D eigenvalue weighted by Crippen LogP contribution is -1.97. The molecule has 0 fully saturated rings. The monoisotopic (exact) mass is 599 g/mol. The summed E-state index contributed by atoms with van der Waals surface area (Å²) in [5.41, 5.74) is 10.8. The predicted molar refractivity (Wildman–Crippen MR) is 196 cm³/mol. The van der Waals surface area contributed by atoms with Crippen molar-refractivity contribution in [2.45, 2.75) is 0 Å². The summed E-state index contributed by atoms with van der Waals surface area (Å²) in [6.07, 6.45) is 0. The highest BCUT2D eigenvalue weighted by atomic mass is 15.0. The van der Waals surface area contributed by atoms with Crippen molar-refractivity contribution in [3.05, 3.63) is 176 Å². The summed E-state index contributed by atoms with van der Waals surface area (Å²) in [5, 5.41) is 5.01. The average molecular weight is 600 g/mol. The first-order valence-corrected chi connectivity index (χ1v) is 15.9. The smallest absolute Gasteiger partial charge is 0.160 e. The van der Waals surface area contributed by atoms with Crippen LogP contribution < -0.4 is 0 Å². The normalized spacial score (nSPS) is 11.4. The molecule has 0 spiro atoms. The zero-order chi connectivity index (χ0) is 31.2. The maximum atomic E-state index is 5.04. The molecule has 47 heavy (non-hydrogen) atoms. The lowest BCUT2D eigenvalue weighted by molar-refractivity contribution is 1.16. The molecule has 9 aromatic rings. The van der Waals surface area contributed by atoms with Gasteiger partial charge < -0.3 is 4.57 Å². The third-order valence-electron chi connectivity index (χ3n) is 9.01. The molecule has 0 saturated carbocycles. The molecular formula is C44H29N3. The standard InChI is InChI=1S/C44H29N3/c1-4-12-30(13-5-1)34-22-26-37-35(28-34)23-27-42-43(37)38-18-10-11-19-41(38)47(42)36-24-20-33(21-25-36)44-45-39(31-14-6-2-7-15-31)29-40(46-44)32-16-8-3-9-17-32/h1-29H. The maximum Gasteiger partial charge on any atom is 0.160 e. The van der Waals surface area contributed by atoms with Gasteiger partial charge in [-0.05, 0) is 70.4 Å². The number of nitrogens with zero attached hydrogens (tertiary/aromatic N) is 3. The van der Waals surface area contributed by atoms with Gasteiger partial charge in [-0.1, -0.05) is 127 Å². The molecule has 220 valence electrons. The Balaban J connectivity index is 1.17. The summed E-state index contributed by atoms with van der Waals surface area (Å²) in [6, 6.07) is 62.0. The van der Waals surface area contributed by atoms with Crippen LogP contribution in [0.5, 0.6) is 0 Å². The van der Waals surface area contributed by atoms with E-state index in [-0.39, 0.29) is 0 Å². The maximum absolute atomic E-state index is 5.04. The van der Waals surface area contributed by atoms with Crippen LogP contribution in [0.4, 0.5) is 0 Å².